The minimum atomic E-state index is -0.319. The molecule has 21 heavy (non-hydrogen) atoms. The van der Waals surface area contributed by atoms with Gasteiger partial charge < -0.3 is 16.2 Å². The van der Waals surface area contributed by atoms with E-state index in [1.54, 1.807) is 18.2 Å². The molecule has 0 bridgehead atoms. The van der Waals surface area contributed by atoms with Crippen molar-refractivity contribution in [1.29, 1.82) is 0 Å². The van der Waals surface area contributed by atoms with Crippen molar-refractivity contribution in [1.82, 2.24) is 0 Å². The number of nitrogens with two attached hydrogens (primary N) is 1. The lowest BCUT2D eigenvalue weighted by Gasteiger charge is -2.08. The van der Waals surface area contributed by atoms with Crippen LogP contribution < -0.4 is 11.1 Å². The number of nitrogens with one attached hydrogen (secondary N) is 1. The Balaban J connectivity index is 2.22. The van der Waals surface area contributed by atoms with Crippen LogP contribution in [0.15, 0.2) is 42.5 Å². The molecule has 0 atom stereocenters. The Hall–Kier alpha value is -2.48. The maximum atomic E-state index is 12.1. The van der Waals surface area contributed by atoms with E-state index in [-0.39, 0.29) is 18.2 Å². The van der Waals surface area contributed by atoms with Gasteiger partial charge in [0, 0.05) is 11.1 Å². The first-order valence-corrected chi connectivity index (χ1v) is 6.57. The summed E-state index contributed by atoms with van der Waals surface area (Å²) in [5.74, 6) is 5.39. The number of hydrogen-bond donors (Lipinski definition) is 3. The van der Waals surface area contributed by atoms with E-state index in [1.807, 2.05) is 0 Å². The zero-order chi connectivity index (χ0) is 15.2. The summed E-state index contributed by atoms with van der Waals surface area (Å²) in [5.41, 5.74) is 6.93. The highest BCUT2D eigenvalue weighted by molar-refractivity contribution is 6.34. The van der Waals surface area contributed by atoms with Crippen LogP contribution in [0.2, 0.25) is 5.02 Å². The molecule has 0 aliphatic carbocycles. The molecule has 0 spiro atoms. The number of phenols is 1. The summed E-state index contributed by atoms with van der Waals surface area (Å²) in [5, 5.41) is 12.3. The minimum Gasteiger partial charge on any atom is -0.508 e. The van der Waals surface area contributed by atoms with E-state index < -0.39 is 0 Å². The monoisotopic (exact) mass is 300 g/mol. The van der Waals surface area contributed by atoms with Gasteiger partial charge in [0.15, 0.2) is 0 Å². The second-order valence-electron chi connectivity index (χ2n) is 4.20. The van der Waals surface area contributed by atoms with Crippen molar-refractivity contribution in [3.8, 4) is 17.6 Å². The Morgan fingerprint density at radius 1 is 1.24 bits per heavy atom. The number of hydrogen-bond acceptors (Lipinski definition) is 3. The molecule has 0 aliphatic rings. The fourth-order valence-electron chi connectivity index (χ4n) is 1.66. The number of carbonyl (C=O) groups is 1. The molecule has 106 valence electrons. The lowest BCUT2D eigenvalue weighted by molar-refractivity contribution is 0.102. The molecular formula is C16H13ClN2O2. The van der Waals surface area contributed by atoms with Gasteiger partial charge in [-0.3, -0.25) is 4.79 Å². The maximum absolute atomic E-state index is 12.1. The average Bonchev–Trinajstić information content (AvgIpc) is 2.48. The van der Waals surface area contributed by atoms with Crippen LogP contribution in [0.3, 0.4) is 0 Å². The molecule has 2 rings (SSSR count). The third kappa shape index (κ3) is 3.99. The number of phenolic OH excluding ortho intramolecular Hbond substituents is 1. The molecule has 0 heterocycles. The van der Waals surface area contributed by atoms with Gasteiger partial charge in [-0.1, -0.05) is 23.4 Å². The zero-order valence-electron chi connectivity index (χ0n) is 11.1. The van der Waals surface area contributed by atoms with Crippen LogP contribution in [-0.4, -0.2) is 17.6 Å². The van der Waals surface area contributed by atoms with E-state index in [9.17, 15) is 9.90 Å². The molecule has 0 saturated heterocycles. The summed E-state index contributed by atoms with van der Waals surface area (Å²) in [7, 11) is 0. The second-order valence-corrected chi connectivity index (χ2v) is 4.61. The fraction of sp³-hybridized carbons (Fsp3) is 0.0625. The van der Waals surface area contributed by atoms with Crippen molar-refractivity contribution >= 4 is 23.2 Å². The van der Waals surface area contributed by atoms with Crippen LogP contribution >= 0.6 is 11.6 Å². The number of amides is 1. The molecular weight excluding hydrogens is 288 g/mol. The molecule has 0 aromatic heterocycles. The molecule has 4 N–H and O–H groups in total. The van der Waals surface area contributed by atoms with Gasteiger partial charge in [0.05, 0.1) is 17.3 Å². The Morgan fingerprint density at radius 3 is 2.62 bits per heavy atom. The molecule has 2 aromatic carbocycles. The highest BCUT2D eigenvalue weighted by Crippen LogP contribution is 2.23. The van der Waals surface area contributed by atoms with Crippen molar-refractivity contribution in [3.63, 3.8) is 0 Å². The standard InChI is InChI=1S/C16H13ClN2O2/c17-14-8-3-11(2-1-9-18)10-15(14)19-16(21)12-4-6-13(20)7-5-12/h3-8,10,20H,9,18H2,(H,19,21). The highest BCUT2D eigenvalue weighted by atomic mass is 35.5. The van der Waals surface area contributed by atoms with Crippen LogP contribution in [0, 0.1) is 11.8 Å². The fourth-order valence-corrected chi connectivity index (χ4v) is 1.82. The first-order valence-electron chi connectivity index (χ1n) is 6.19. The molecule has 0 fully saturated rings. The van der Waals surface area contributed by atoms with Gasteiger partial charge >= 0.3 is 0 Å². The largest absolute Gasteiger partial charge is 0.508 e. The molecule has 0 radical (unpaired) electrons. The molecule has 0 aliphatic heterocycles. The summed E-state index contributed by atoms with van der Waals surface area (Å²) < 4.78 is 0. The van der Waals surface area contributed by atoms with Crippen molar-refractivity contribution in [3.05, 3.63) is 58.6 Å². The predicted molar refractivity (Wildman–Crippen MR) is 83.4 cm³/mol. The second kappa shape index (κ2) is 6.80. The maximum Gasteiger partial charge on any atom is 0.255 e. The number of anilines is 1. The molecule has 0 unspecified atom stereocenters. The van der Waals surface area contributed by atoms with Crippen LogP contribution in [-0.2, 0) is 0 Å². The van der Waals surface area contributed by atoms with Gasteiger partial charge in [0.2, 0.25) is 0 Å². The van der Waals surface area contributed by atoms with E-state index >= 15 is 0 Å². The molecule has 4 nitrogen and oxygen atoms in total. The van der Waals surface area contributed by atoms with E-state index in [1.165, 1.54) is 24.3 Å². The third-order valence-corrected chi connectivity index (χ3v) is 3.01. The lowest BCUT2D eigenvalue weighted by atomic mass is 10.1. The van der Waals surface area contributed by atoms with E-state index in [0.29, 0.717) is 21.8 Å². The average molecular weight is 301 g/mol. The van der Waals surface area contributed by atoms with Gasteiger partial charge in [-0.2, -0.15) is 0 Å². The van der Waals surface area contributed by atoms with Crippen molar-refractivity contribution in [2.75, 3.05) is 11.9 Å². The Kier molecular flexibility index (Phi) is 4.83. The van der Waals surface area contributed by atoms with Gasteiger partial charge in [-0.15, -0.1) is 0 Å². The van der Waals surface area contributed by atoms with Crippen molar-refractivity contribution in [2.24, 2.45) is 5.73 Å². The molecule has 2 aromatic rings. The number of rotatable bonds is 2. The third-order valence-electron chi connectivity index (χ3n) is 2.68. The van der Waals surface area contributed by atoms with Gasteiger partial charge in [0.25, 0.3) is 5.91 Å². The van der Waals surface area contributed by atoms with E-state index in [0.717, 1.165) is 0 Å². The first kappa shape index (κ1) is 14.9. The van der Waals surface area contributed by atoms with E-state index in [2.05, 4.69) is 17.2 Å². The summed E-state index contributed by atoms with van der Waals surface area (Å²) in [6.07, 6.45) is 0. The quantitative estimate of drug-likeness (QED) is 0.746. The Morgan fingerprint density at radius 2 is 1.95 bits per heavy atom. The topological polar surface area (TPSA) is 75.3 Å². The lowest BCUT2D eigenvalue weighted by Crippen LogP contribution is -2.12. The van der Waals surface area contributed by atoms with Crippen LogP contribution in [0.4, 0.5) is 5.69 Å². The number of carbonyl (C=O) groups excluding carboxylic acids is 1. The minimum absolute atomic E-state index is 0.101. The molecule has 5 heteroatoms. The van der Waals surface area contributed by atoms with Crippen LogP contribution in [0.25, 0.3) is 0 Å². The van der Waals surface area contributed by atoms with Crippen molar-refractivity contribution < 1.29 is 9.90 Å². The molecule has 1 amide bonds. The van der Waals surface area contributed by atoms with E-state index in [4.69, 9.17) is 17.3 Å². The first-order chi connectivity index (χ1) is 10.1. The van der Waals surface area contributed by atoms with Gasteiger partial charge in [-0.05, 0) is 42.5 Å². The summed E-state index contributed by atoms with van der Waals surface area (Å²) in [6.45, 7) is 0.262. The summed E-state index contributed by atoms with van der Waals surface area (Å²) in [6, 6.07) is 11.0. The van der Waals surface area contributed by atoms with Crippen LogP contribution in [0.1, 0.15) is 15.9 Å². The Labute approximate surface area is 127 Å². The normalized spacial score (nSPS) is 9.62. The van der Waals surface area contributed by atoms with Crippen molar-refractivity contribution in [2.45, 2.75) is 0 Å². The number of halogens is 1. The summed E-state index contributed by atoms with van der Waals surface area (Å²) >= 11 is 6.06. The smallest absolute Gasteiger partial charge is 0.255 e. The number of aromatic hydroxyl groups is 1. The highest BCUT2D eigenvalue weighted by Gasteiger charge is 2.09. The van der Waals surface area contributed by atoms with Gasteiger partial charge in [0.1, 0.15) is 5.75 Å². The Bertz CT molecular complexity index is 715. The SMILES string of the molecule is NCC#Cc1ccc(Cl)c(NC(=O)c2ccc(O)cc2)c1. The zero-order valence-corrected chi connectivity index (χ0v) is 11.8. The molecule has 0 saturated carbocycles. The summed E-state index contributed by atoms with van der Waals surface area (Å²) in [4.78, 5) is 12.1. The predicted octanol–water partition coefficient (Wildman–Crippen LogP) is 2.61. The number of benzene rings is 2. The van der Waals surface area contributed by atoms with Crippen LogP contribution in [0.5, 0.6) is 5.75 Å². The van der Waals surface area contributed by atoms with Gasteiger partial charge in [-0.25, -0.2) is 0 Å².